The third-order valence-electron chi connectivity index (χ3n) is 2.83. The Morgan fingerprint density at radius 1 is 1.14 bits per heavy atom. The van der Waals surface area contributed by atoms with Crippen LogP contribution in [0.2, 0.25) is 0 Å². The fraction of sp³-hybridized carbons (Fsp3) is 0.188. The molecular formula is C16H15BrO3S. The second kappa shape index (κ2) is 7.52. The summed E-state index contributed by atoms with van der Waals surface area (Å²) in [6, 6.07) is 14.1. The Labute approximate surface area is 134 Å². The molecule has 0 radical (unpaired) electrons. The third kappa shape index (κ3) is 4.25. The van der Waals surface area contributed by atoms with Crippen LogP contribution >= 0.6 is 15.9 Å². The molecule has 0 saturated heterocycles. The van der Waals surface area contributed by atoms with E-state index in [1.807, 2.05) is 19.1 Å². The number of carbonyl (C=O) groups is 1. The molecule has 0 fully saturated rings. The smallest absolute Gasteiger partial charge is 0.175 e. The lowest BCUT2D eigenvalue weighted by atomic mass is 10.1. The van der Waals surface area contributed by atoms with Gasteiger partial charge in [-0.1, -0.05) is 12.1 Å². The van der Waals surface area contributed by atoms with Crippen molar-refractivity contribution < 1.29 is 13.7 Å². The summed E-state index contributed by atoms with van der Waals surface area (Å²) in [5, 5.41) is 0. The molecule has 110 valence electrons. The van der Waals surface area contributed by atoms with Gasteiger partial charge in [-0.15, -0.1) is 0 Å². The van der Waals surface area contributed by atoms with E-state index >= 15 is 0 Å². The first-order valence-corrected chi connectivity index (χ1v) is 8.62. The highest BCUT2D eigenvalue weighted by molar-refractivity contribution is 9.10. The Kier molecular flexibility index (Phi) is 5.70. The Hall–Kier alpha value is -1.46. The Balaban J connectivity index is 2.07. The normalized spacial score (nSPS) is 11.9. The summed E-state index contributed by atoms with van der Waals surface area (Å²) in [6.07, 6.45) is 0. The van der Waals surface area contributed by atoms with E-state index in [2.05, 4.69) is 15.9 Å². The third-order valence-corrected chi connectivity index (χ3v) is 5.16. The van der Waals surface area contributed by atoms with Gasteiger partial charge in [0.25, 0.3) is 0 Å². The van der Waals surface area contributed by atoms with Crippen molar-refractivity contribution in [2.24, 2.45) is 0 Å². The summed E-state index contributed by atoms with van der Waals surface area (Å²) >= 11 is 3.35. The molecule has 2 aromatic carbocycles. The van der Waals surface area contributed by atoms with Crippen LogP contribution < -0.4 is 4.74 Å². The fourth-order valence-electron chi connectivity index (χ4n) is 1.81. The van der Waals surface area contributed by atoms with E-state index in [1.165, 1.54) is 0 Å². The molecule has 0 aromatic heterocycles. The van der Waals surface area contributed by atoms with Crippen molar-refractivity contribution in [1.82, 2.24) is 0 Å². The minimum atomic E-state index is -1.36. The first-order valence-electron chi connectivity index (χ1n) is 6.50. The number of rotatable bonds is 6. The van der Waals surface area contributed by atoms with Crippen molar-refractivity contribution in [3.8, 4) is 5.75 Å². The van der Waals surface area contributed by atoms with E-state index in [0.717, 1.165) is 10.2 Å². The minimum absolute atomic E-state index is 0.0312. The van der Waals surface area contributed by atoms with Crippen LogP contribution in [0.3, 0.4) is 0 Å². The van der Waals surface area contributed by atoms with Crippen LogP contribution in [0.5, 0.6) is 5.75 Å². The summed E-state index contributed by atoms with van der Waals surface area (Å²) in [6.45, 7) is 2.49. The molecule has 5 heteroatoms. The quantitative estimate of drug-likeness (QED) is 0.729. The van der Waals surface area contributed by atoms with Gasteiger partial charge in [0.05, 0.1) is 28.1 Å². The van der Waals surface area contributed by atoms with Gasteiger partial charge in [0.1, 0.15) is 5.75 Å². The molecule has 0 bridgehead atoms. The Morgan fingerprint density at radius 2 is 1.81 bits per heavy atom. The lowest BCUT2D eigenvalue weighted by Crippen LogP contribution is -2.11. The molecule has 1 unspecified atom stereocenters. The number of benzene rings is 2. The zero-order chi connectivity index (χ0) is 15.2. The molecule has 2 aromatic rings. The molecule has 21 heavy (non-hydrogen) atoms. The highest BCUT2D eigenvalue weighted by Gasteiger charge is 2.14. The van der Waals surface area contributed by atoms with Crippen molar-refractivity contribution in [3.63, 3.8) is 0 Å². The van der Waals surface area contributed by atoms with Crippen molar-refractivity contribution in [3.05, 3.63) is 58.6 Å². The number of hydrogen-bond acceptors (Lipinski definition) is 3. The average Bonchev–Trinajstić information content (AvgIpc) is 2.48. The zero-order valence-corrected chi connectivity index (χ0v) is 13.9. The molecule has 0 saturated carbocycles. The van der Waals surface area contributed by atoms with Crippen molar-refractivity contribution >= 4 is 32.5 Å². The maximum absolute atomic E-state index is 12.3. The van der Waals surface area contributed by atoms with Gasteiger partial charge in [0.15, 0.2) is 5.78 Å². The fourth-order valence-corrected chi connectivity index (χ4v) is 3.72. The lowest BCUT2D eigenvalue weighted by Gasteiger charge is -2.06. The van der Waals surface area contributed by atoms with E-state index in [0.29, 0.717) is 17.1 Å². The predicted octanol–water partition coefficient (Wildman–Crippen LogP) is 3.84. The molecular weight excluding hydrogens is 352 g/mol. The van der Waals surface area contributed by atoms with Crippen LogP contribution in [0, 0.1) is 0 Å². The number of carbonyl (C=O) groups excluding carboxylic acids is 1. The SMILES string of the molecule is CCOc1ccc(C(=O)CS(=O)c2ccccc2Br)cc1. The summed E-state index contributed by atoms with van der Waals surface area (Å²) < 4.78 is 18.3. The molecule has 3 nitrogen and oxygen atoms in total. The van der Waals surface area contributed by atoms with Crippen molar-refractivity contribution in [2.45, 2.75) is 11.8 Å². The monoisotopic (exact) mass is 366 g/mol. The second-order valence-electron chi connectivity index (χ2n) is 4.30. The van der Waals surface area contributed by atoms with Crippen LogP contribution in [0.25, 0.3) is 0 Å². The number of hydrogen-bond donors (Lipinski definition) is 0. The van der Waals surface area contributed by atoms with Crippen LogP contribution in [0.1, 0.15) is 17.3 Å². The lowest BCUT2D eigenvalue weighted by molar-refractivity contribution is 0.102. The molecule has 0 N–H and O–H groups in total. The van der Waals surface area contributed by atoms with E-state index in [9.17, 15) is 9.00 Å². The summed E-state index contributed by atoms with van der Waals surface area (Å²) in [7, 11) is -1.36. The standard InChI is InChI=1S/C16H15BrO3S/c1-2-20-13-9-7-12(8-10-13)15(18)11-21(19)16-6-4-3-5-14(16)17/h3-10H,2,11H2,1H3. The van der Waals surface area contributed by atoms with Gasteiger partial charge in [-0.3, -0.25) is 9.00 Å². The van der Waals surface area contributed by atoms with Gasteiger partial charge >= 0.3 is 0 Å². The molecule has 0 aliphatic carbocycles. The molecule has 0 amide bonds. The van der Waals surface area contributed by atoms with E-state index < -0.39 is 10.8 Å². The van der Waals surface area contributed by atoms with Gasteiger partial charge in [-0.05, 0) is 59.3 Å². The van der Waals surface area contributed by atoms with Gasteiger partial charge in [0, 0.05) is 10.0 Å². The van der Waals surface area contributed by atoms with Crippen LogP contribution in [0.4, 0.5) is 0 Å². The number of ether oxygens (including phenoxy) is 1. The van der Waals surface area contributed by atoms with E-state index in [1.54, 1.807) is 36.4 Å². The second-order valence-corrected chi connectivity index (χ2v) is 6.57. The highest BCUT2D eigenvalue weighted by atomic mass is 79.9. The highest BCUT2D eigenvalue weighted by Crippen LogP contribution is 2.20. The van der Waals surface area contributed by atoms with E-state index in [-0.39, 0.29) is 11.5 Å². The summed E-state index contributed by atoms with van der Waals surface area (Å²) in [5.41, 5.74) is 0.541. The van der Waals surface area contributed by atoms with Crippen LogP contribution in [-0.4, -0.2) is 22.4 Å². The summed E-state index contributed by atoms with van der Waals surface area (Å²) in [4.78, 5) is 12.8. The van der Waals surface area contributed by atoms with Crippen LogP contribution in [0.15, 0.2) is 57.9 Å². The maximum atomic E-state index is 12.3. The molecule has 2 rings (SSSR count). The number of halogens is 1. The van der Waals surface area contributed by atoms with Gasteiger partial charge in [-0.25, -0.2) is 0 Å². The van der Waals surface area contributed by atoms with Gasteiger partial charge < -0.3 is 4.74 Å². The van der Waals surface area contributed by atoms with Gasteiger partial charge in [0.2, 0.25) is 0 Å². The largest absolute Gasteiger partial charge is 0.494 e. The molecule has 0 aliphatic heterocycles. The van der Waals surface area contributed by atoms with Crippen LogP contribution in [-0.2, 0) is 10.8 Å². The number of Topliss-reactive ketones (excluding diaryl/α,β-unsaturated/α-hetero) is 1. The molecule has 0 heterocycles. The maximum Gasteiger partial charge on any atom is 0.175 e. The Bertz CT molecular complexity index is 653. The predicted molar refractivity (Wildman–Crippen MR) is 87.4 cm³/mol. The number of ketones is 1. The average molecular weight is 367 g/mol. The first-order chi connectivity index (χ1) is 10.1. The minimum Gasteiger partial charge on any atom is -0.494 e. The first kappa shape index (κ1) is 15.9. The van der Waals surface area contributed by atoms with Crippen molar-refractivity contribution in [1.29, 1.82) is 0 Å². The van der Waals surface area contributed by atoms with Gasteiger partial charge in [-0.2, -0.15) is 0 Å². The van der Waals surface area contributed by atoms with E-state index in [4.69, 9.17) is 4.74 Å². The van der Waals surface area contributed by atoms with Crippen molar-refractivity contribution in [2.75, 3.05) is 12.4 Å². The Morgan fingerprint density at radius 3 is 2.43 bits per heavy atom. The topological polar surface area (TPSA) is 43.4 Å². The molecule has 0 aliphatic rings. The zero-order valence-electron chi connectivity index (χ0n) is 11.5. The summed E-state index contributed by atoms with van der Waals surface area (Å²) in [5.74, 6) is 0.546. The molecule has 1 atom stereocenters. The molecule has 0 spiro atoms.